The first-order valence-corrected chi connectivity index (χ1v) is 23.1. The molecule has 4 aromatic rings. The van der Waals surface area contributed by atoms with Crippen molar-refractivity contribution in [3.63, 3.8) is 0 Å². The SMILES string of the molecule is C/C=C/c1ccc2n(c1=O)C[C@@H]1[C@@H](CO)[C@H](C(=O)NCc3ccccn3)N(CC3CC3)[C@H]21.C/C=C\c1ccc2n(c1=O)C[C@@H]1[C@@H](CO)[C@H](C(=O)NCc3ccccn3)N(CC3CC3)[C@H]21. The lowest BCUT2D eigenvalue weighted by molar-refractivity contribution is -0.128. The Morgan fingerprint density at radius 3 is 1.41 bits per heavy atom. The third kappa shape index (κ3) is 8.56. The third-order valence-electron chi connectivity index (χ3n) is 14.3. The highest BCUT2D eigenvalue weighted by Gasteiger charge is 2.57. The van der Waals surface area contributed by atoms with Gasteiger partial charge in [-0.3, -0.25) is 38.9 Å². The highest BCUT2D eigenvalue weighted by Crippen LogP contribution is 2.52. The predicted octanol–water partition coefficient (Wildman–Crippen LogP) is 3.93. The molecule has 8 atom stereocenters. The predicted molar refractivity (Wildman–Crippen MR) is 243 cm³/mol. The zero-order valence-corrected chi connectivity index (χ0v) is 36.7. The van der Waals surface area contributed by atoms with Crippen LogP contribution in [0.4, 0.5) is 0 Å². The second-order valence-corrected chi connectivity index (χ2v) is 18.4. The van der Waals surface area contributed by atoms with Gasteiger partial charge < -0.3 is 30.0 Å². The summed E-state index contributed by atoms with van der Waals surface area (Å²) in [6, 6.07) is 18.3. The van der Waals surface area contributed by atoms with Crippen molar-refractivity contribution in [3.8, 4) is 0 Å². The molecule has 0 unspecified atom stereocenters. The number of aliphatic hydroxyl groups is 2. The number of nitrogens with zero attached hydrogens (tertiary/aromatic N) is 6. The van der Waals surface area contributed by atoms with Crippen molar-refractivity contribution in [2.45, 2.75) is 89.9 Å². The second kappa shape index (κ2) is 18.9. The maximum atomic E-state index is 13.4. The molecule has 8 heterocycles. The monoisotopic (exact) mass is 868 g/mol. The number of fused-ring (bicyclic) bond motifs is 6. The van der Waals surface area contributed by atoms with Crippen LogP contribution < -0.4 is 21.8 Å². The lowest BCUT2D eigenvalue weighted by atomic mass is 9.88. The minimum absolute atomic E-state index is 0.00853. The van der Waals surface area contributed by atoms with Crippen LogP contribution in [0.15, 0.2) is 94.8 Å². The molecular formula is C50H60N8O6. The molecule has 2 saturated heterocycles. The molecule has 4 aliphatic heterocycles. The molecule has 14 heteroatoms. The van der Waals surface area contributed by atoms with Gasteiger partial charge in [0.1, 0.15) is 0 Å². The van der Waals surface area contributed by atoms with Gasteiger partial charge >= 0.3 is 0 Å². The van der Waals surface area contributed by atoms with E-state index in [2.05, 4.69) is 30.4 Å². The quantitative estimate of drug-likeness (QED) is 0.146. The largest absolute Gasteiger partial charge is 0.396 e. The molecule has 64 heavy (non-hydrogen) atoms. The Balaban J connectivity index is 0.000000162. The molecule has 0 spiro atoms. The standard InChI is InChI=1S/2C25H30N4O3/c2*1-2-5-17-9-10-21-22-19(14-28(21)25(17)32)20(15-30)23(29(22)13-16-7-8-16)24(31)27-12-18-6-3-4-11-26-18/h2*2-6,9-11,16,19-20,22-23,30H,7-8,12-15H2,1H3,(H,27,31)/b5-2+;5-2-/t2*19-,20-,22+,23-/m11/s1. The second-order valence-electron chi connectivity index (χ2n) is 18.4. The van der Waals surface area contributed by atoms with Gasteiger partial charge in [-0.05, 0) is 99.9 Å². The van der Waals surface area contributed by atoms with Gasteiger partial charge in [0, 0.05) is 98.0 Å². The maximum Gasteiger partial charge on any atom is 0.258 e. The van der Waals surface area contributed by atoms with Gasteiger partial charge in [0.25, 0.3) is 11.1 Å². The van der Waals surface area contributed by atoms with Crippen molar-refractivity contribution in [2.75, 3.05) is 26.3 Å². The van der Waals surface area contributed by atoms with Crippen molar-refractivity contribution in [1.82, 2.24) is 39.5 Å². The molecule has 0 aromatic carbocycles. The summed E-state index contributed by atoms with van der Waals surface area (Å²) in [7, 11) is 0. The van der Waals surface area contributed by atoms with Crippen molar-refractivity contribution >= 4 is 24.0 Å². The fourth-order valence-electron chi connectivity index (χ4n) is 11.0. The Kier molecular flexibility index (Phi) is 12.9. The molecule has 2 amide bonds. The number of aromatic nitrogens is 4. The van der Waals surface area contributed by atoms with Gasteiger partial charge in [-0.25, -0.2) is 0 Å². The van der Waals surface area contributed by atoms with Gasteiger partial charge in [-0.2, -0.15) is 0 Å². The molecule has 2 saturated carbocycles. The van der Waals surface area contributed by atoms with Crippen molar-refractivity contribution in [2.24, 2.45) is 35.5 Å². The van der Waals surface area contributed by atoms with Crippen LogP contribution in [-0.4, -0.2) is 89.3 Å². The van der Waals surface area contributed by atoms with E-state index in [1.54, 1.807) is 12.4 Å². The van der Waals surface area contributed by atoms with E-state index < -0.39 is 12.1 Å². The van der Waals surface area contributed by atoms with Gasteiger partial charge in [0.2, 0.25) is 11.8 Å². The average Bonchev–Trinajstić information content (AvgIpc) is 4.19. The smallest absolute Gasteiger partial charge is 0.258 e. The number of pyridine rings is 4. The summed E-state index contributed by atoms with van der Waals surface area (Å²) in [5.41, 5.74) is 4.91. The summed E-state index contributed by atoms with van der Waals surface area (Å²) < 4.78 is 3.71. The normalized spacial score (nSPS) is 26.9. The summed E-state index contributed by atoms with van der Waals surface area (Å²) in [5, 5.41) is 26.8. The van der Waals surface area contributed by atoms with E-state index in [9.17, 15) is 29.4 Å². The number of amides is 2. The Hall–Kier alpha value is -5.54. The molecule has 6 aliphatic rings. The first-order valence-electron chi connectivity index (χ1n) is 23.1. The van der Waals surface area contributed by atoms with Gasteiger partial charge in [0.05, 0.1) is 48.6 Å². The van der Waals surface area contributed by atoms with E-state index in [0.29, 0.717) is 49.1 Å². The first-order chi connectivity index (χ1) is 31.2. The molecule has 4 aromatic heterocycles. The lowest BCUT2D eigenvalue weighted by Crippen LogP contribution is -2.48. The zero-order valence-electron chi connectivity index (χ0n) is 36.7. The maximum absolute atomic E-state index is 13.4. The topological polar surface area (TPSA) is 175 Å². The highest BCUT2D eigenvalue weighted by atomic mass is 16.3. The van der Waals surface area contributed by atoms with Gasteiger partial charge in [-0.1, -0.05) is 36.4 Å². The minimum atomic E-state index is -0.404. The minimum Gasteiger partial charge on any atom is -0.396 e. The van der Waals surface area contributed by atoms with E-state index in [0.717, 1.165) is 35.9 Å². The van der Waals surface area contributed by atoms with Gasteiger partial charge in [0.15, 0.2) is 0 Å². The summed E-state index contributed by atoms with van der Waals surface area (Å²) >= 11 is 0. The molecular weight excluding hydrogens is 809 g/mol. The van der Waals surface area contributed by atoms with E-state index in [1.807, 2.05) is 108 Å². The molecule has 2 aliphatic carbocycles. The number of hydrogen-bond donors (Lipinski definition) is 4. The van der Waals surface area contributed by atoms with E-state index in [1.165, 1.54) is 25.7 Å². The fraction of sp³-hybridized carbons (Fsp3) is 0.480. The Bertz CT molecular complexity index is 2330. The van der Waals surface area contributed by atoms with Crippen LogP contribution in [0.5, 0.6) is 0 Å². The van der Waals surface area contributed by atoms with Crippen LogP contribution in [0.1, 0.15) is 85.5 Å². The third-order valence-corrected chi connectivity index (χ3v) is 14.3. The lowest BCUT2D eigenvalue weighted by Gasteiger charge is -2.30. The van der Waals surface area contributed by atoms with Crippen molar-refractivity contribution in [3.05, 3.63) is 140 Å². The summed E-state index contributed by atoms with van der Waals surface area (Å²) in [5.74, 6) is 0.688. The summed E-state index contributed by atoms with van der Waals surface area (Å²) in [6.45, 7) is 7.12. The molecule has 0 bridgehead atoms. The Morgan fingerprint density at radius 1 is 0.641 bits per heavy atom. The Labute approximate surface area is 373 Å². The van der Waals surface area contributed by atoms with Crippen LogP contribution in [0.2, 0.25) is 0 Å². The number of hydrogen-bond acceptors (Lipinski definition) is 10. The average molecular weight is 869 g/mol. The number of likely N-dealkylation sites (tertiary alicyclic amines) is 2. The number of carbonyl (C=O) groups is 2. The number of aliphatic hydroxyl groups excluding tert-OH is 2. The van der Waals surface area contributed by atoms with Crippen LogP contribution >= 0.6 is 0 Å². The summed E-state index contributed by atoms with van der Waals surface area (Å²) in [4.78, 5) is 66.0. The molecule has 4 N–H and O–H groups in total. The van der Waals surface area contributed by atoms with E-state index in [-0.39, 0.29) is 71.9 Å². The fourth-order valence-corrected chi connectivity index (χ4v) is 11.0. The van der Waals surface area contributed by atoms with Crippen LogP contribution in [0.25, 0.3) is 12.2 Å². The molecule has 10 rings (SSSR count). The number of carbonyl (C=O) groups excluding carboxylic acids is 2. The summed E-state index contributed by atoms with van der Waals surface area (Å²) in [6.07, 6.45) is 15.5. The molecule has 0 radical (unpaired) electrons. The van der Waals surface area contributed by atoms with Crippen molar-refractivity contribution < 1.29 is 19.8 Å². The zero-order chi connectivity index (χ0) is 44.5. The van der Waals surface area contributed by atoms with Crippen LogP contribution in [-0.2, 0) is 35.8 Å². The molecule has 336 valence electrons. The first kappa shape index (κ1) is 43.7. The van der Waals surface area contributed by atoms with E-state index in [4.69, 9.17) is 0 Å². The van der Waals surface area contributed by atoms with Gasteiger partial charge in [-0.15, -0.1) is 0 Å². The van der Waals surface area contributed by atoms with Crippen LogP contribution in [0.3, 0.4) is 0 Å². The number of rotatable bonds is 14. The van der Waals surface area contributed by atoms with E-state index >= 15 is 0 Å². The Morgan fingerprint density at radius 2 is 1.06 bits per heavy atom. The highest BCUT2D eigenvalue weighted by molar-refractivity contribution is 5.83. The molecule has 14 nitrogen and oxygen atoms in total. The van der Waals surface area contributed by atoms with Crippen molar-refractivity contribution in [1.29, 1.82) is 0 Å². The van der Waals surface area contributed by atoms with Crippen LogP contribution in [0, 0.1) is 35.5 Å². The number of allylic oxidation sites excluding steroid dienone is 2. The molecule has 4 fully saturated rings. The number of nitrogens with one attached hydrogen (secondary N) is 2.